The van der Waals surface area contributed by atoms with Crippen molar-refractivity contribution >= 4 is 58.9 Å². The quantitative estimate of drug-likeness (QED) is 0.0844. The molecule has 0 aliphatic carbocycles. The number of amides is 2. The predicted octanol–water partition coefficient (Wildman–Crippen LogP) is 3.53. The predicted molar refractivity (Wildman–Crippen MR) is 330 cm³/mol. The first-order valence-electron chi connectivity index (χ1n) is 28.8. The van der Waals surface area contributed by atoms with E-state index in [0.717, 1.165) is 9.13 Å². The van der Waals surface area contributed by atoms with Gasteiger partial charge in [-0.25, -0.2) is 19.2 Å². The van der Waals surface area contributed by atoms with Crippen LogP contribution in [0.5, 0.6) is 0 Å². The molecule has 4 N–H and O–H groups in total. The Morgan fingerprint density at radius 1 is 0.527 bits per heavy atom. The summed E-state index contributed by atoms with van der Waals surface area (Å²) in [6.07, 6.45) is -4.09. The number of carbonyl (C=O) groups excluding carboxylic acids is 5. The van der Waals surface area contributed by atoms with Gasteiger partial charge in [0.25, 0.3) is 22.9 Å². The third-order valence-corrected chi connectivity index (χ3v) is 16.8. The van der Waals surface area contributed by atoms with Crippen molar-refractivity contribution in [3.05, 3.63) is 181 Å². The van der Waals surface area contributed by atoms with E-state index in [4.69, 9.17) is 56.4 Å². The zero-order valence-corrected chi connectivity index (χ0v) is 53.0. The second-order valence-corrected chi connectivity index (χ2v) is 23.2. The summed E-state index contributed by atoms with van der Waals surface area (Å²) >= 11 is 12.5. The summed E-state index contributed by atoms with van der Waals surface area (Å²) in [5.41, 5.74) is 4.43. The van der Waals surface area contributed by atoms with E-state index >= 15 is 0 Å². The molecule has 6 aromatic rings. The van der Waals surface area contributed by atoms with Gasteiger partial charge in [0.1, 0.15) is 42.6 Å². The lowest BCUT2D eigenvalue weighted by Crippen LogP contribution is -2.46. The number of benzene rings is 4. The molecule has 3 unspecified atom stereocenters. The summed E-state index contributed by atoms with van der Waals surface area (Å²) in [4.78, 5) is 124. The highest BCUT2D eigenvalue weighted by Gasteiger charge is 2.52. The van der Waals surface area contributed by atoms with Crippen LogP contribution >= 0.6 is 23.2 Å². The van der Waals surface area contributed by atoms with Gasteiger partial charge in [-0.1, -0.05) is 96.0 Å². The van der Waals surface area contributed by atoms with E-state index in [2.05, 4.69) is 10.6 Å². The maximum atomic E-state index is 13.6. The molecule has 10 rings (SSSR count). The Hall–Kier alpha value is -8.56. The van der Waals surface area contributed by atoms with E-state index in [1.54, 1.807) is 127 Å². The SMILES string of the molecule is CC(=O)OC1CO[C@@H]2[C@@H](OC(=O)C(Cc3ccc(-c4c(C)n(C)c(=O)n(C)c4=O)cc3)NC(=O)c3c(C)cccc3Cl)CO[C@H]12.CC(=O)O[C@H]1CO[C@H]2[C@@H]1OC[C@H]2O.Cc1cccc(Cl)c1C(=O)NC(Cc1ccc(-c2c(C)n(C)c(=O)n(C)c2=O)cc1)C(=O)O. The normalized spacial score (nSPS) is 20.9. The zero-order chi connectivity index (χ0) is 66.4. The van der Waals surface area contributed by atoms with Crippen molar-refractivity contribution in [2.45, 2.75) is 115 Å². The van der Waals surface area contributed by atoms with Crippen LogP contribution in [0.15, 0.2) is 104 Å². The molecule has 2 aromatic heterocycles. The van der Waals surface area contributed by atoms with E-state index in [9.17, 15) is 58.2 Å². The van der Waals surface area contributed by atoms with Crippen molar-refractivity contribution in [1.29, 1.82) is 0 Å². The molecule has 0 saturated carbocycles. The van der Waals surface area contributed by atoms with Crippen LogP contribution in [0.25, 0.3) is 22.3 Å². The van der Waals surface area contributed by atoms with Crippen LogP contribution in [0.3, 0.4) is 0 Å². The van der Waals surface area contributed by atoms with Crippen LogP contribution in [0.2, 0.25) is 10.0 Å². The Labute approximate surface area is 531 Å². The third-order valence-electron chi connectivity index (χ3n) is 16.2. The van der Waals surface area contributed by atoms with Crippen LogP contribution in [0, 0.1) is 27.7 Å². The summed E-state index contributed by atoms with van der Waals surface area (Å²) in [7, 11) is 6.03. The second-order valence-electron chi connectivity index (χ2n) is 22.4. The van der Waals surface area contributed by atoms with Gasteiger partial charge in [0.2, 0.25) is 0 Å². The van der Waals surface area contributed by atoms with Gasteiger partial charge >= 0.3 is 35.3 Å². The topological polar surface area (TPSA) is 320 Å². The van der Waals surface area contributed by atoms with Crippen molar-refractivity contribution in [1.82, 2.24) is 28.9 Å². The molecule has 4 aliphatic heterocycles. The number of aliphatic hydroxyl groups is 1. The molecule has 4 fully saturated rings. The van der Waals surface area contributed by atoms with Crippen molar-refractivity contribution in [3.8, 4) is 22.3 Å². The fourth-order valence-corrected chi connectivity index (χ4v) is 11.8. The number of ether oxygens (including phenoxy) is 7. The van der Waals surface area contributed by atoms with Crippen LogP contribution in [0.4, 0.5) is 0 Å². The number of nitrogens with one attached hydrogen (secondary N) is 2. The van der Waals surface area contributed by atoms with Crippen molar-refractivity contribution < 1.29 is 72.1 Å². The average Bonchev–Trinajstić information content (AvgIpc) is 1.90. The Morgan fingerprint density at radius 3 is 1.29 bits per heavy atom. The molecule has 4 aromatic carbocycles. The fraction of sp³-hybridized carbons (Fsp3) is 0.406. The van der Waals surface area contributed by atoms with Crippen molar-refractivity contribution in [3.63, 3.8) is 0 Å². The number of hydrogen-bond acceptors (Lipinski definition) is 18. The zero-order valence-electron chi connectivity index (χ0n) is 51.5. The molecule has 10 atom stereocenters. The lowest BCUT2D eigenvalue weighted by Gasteiger charge is -2.23. The smallest absolute Gasteiger partial charge is 0.330 e. The standard InChI is InChI=1S/C32H34ClN3O9.C24H24ClN3O5.C8H12O5/c1-16-7-6-8-21(33)25(16)29(38)34-22(31(40)45-24-15-43-27-23(44-18(3)37)14-42-28(24)27)13-19-9-11-20(12-10-19)26-17(2)35(4)32(41)36(5)30(26)39;1-13-6-5-7-17(25)19(13)21(29)26-18(23(31)32)12-15-8-10-16(11-9-15)20-14(2)27(3)24(33)28(4)22(20)30;1-4(9)13-6-3-12-7-5(10)2-11-8(6)7/h6-12,22-24,27-28H,13-15H2,1-5H3,(H,34,38);5-11,18H,12H2,1-4H3,(H,26,29)(H,31,32);5-8,10H,2-3H2,1H3/t22?,23?,24-,27+,28+;;5-,6+,7-,8-/m0.1/s1. The number of aryl methyl sites for hydroxylation is 2. The number of aliphatic hydroxyl groups excluding tert-OH is 1. The first-order chi connectivity index (χ1) is 43.1. The highest BCUT2D eigenvalue weighted by atomic mass is 35.5. The number of carboxylic acids is 1. The average molecular weight is 1300 g/mol. The molecule has 6 heterocycles. The molecule has 0 bridgehead atoms. The number of rotatable bonds is 15. The molecule has 27 heteroatoms. The summed E-state index contributed by atoms with van der Waals surface area (Å²) in [6.45, 7) is 10.2. The first kappa shape index (κ1) is 68.4. The Bertz CT molecular complexity index is 3990. The Kier molecular flexibility index (Phi) is 21.9. The number of fused-ring (bicyclic) bond motifs is 2. The maximum absolute atomic E-state index is 13.6. The minimum absolute atomic E-state index is 0.0334. The lowest BCUT2D eigenvalue weighted by molar-refractivity contribution is -0.156. The minimum Gasteiger partial charge on any atom is -0.480 e. The van der Waals surface area contributed by atoms with Crippen LogP contribution in [0.1, 0.15) is 68.2 Å². The number of nitrogens with zero attached hydrogens (tertiary/aromatic N) is 4. The molecule has 0 radical (unpaired) electrons. The number of aromatic nitrogens is 4. The molecule has 91 heavy (non-hydrogen) atoms. The van der Waals surface area contributed by atoms with E-state index in [0.29, 0.717) is 62.5 Å². The number of carbonyl (C=O) groups is 6. The van der Waals surface area contributed by atoms with E-state index < -0.39 is 94.8 Å². The monoisotopic (exact) mass is 1300 g/mol. The molecule has 2 amide bonds. The molecule has 25 nitrogen and oxygen atoms in total. The summed E-state index contributed by atoms with van der Waals surface area (Å²) in [6, 6.07) is 21.5. The number of hydrogen-bond donors (Lipinski definition) is 4. The molecule has 4 saturated heterocycles. The minimum atomic E-state index is -1.18. The lowest BCUT2D eigenvalue weighted by atomic mass is 9.99. The Morgan fingerprint density at radius 2 is 0.890 bits per heavy atom. The van der Waals surface area contributed by atoms with Crippen molar-refractivity contribution in [2.75, 3.05) is 26.4 Å². The number of halogens is 2. The van der Waals surface area contributed by atoms with Crippen LogP contribution in [-0.2, 0) is 93.4 Å². The summed E-state index contributed by atoms with van der Waals surface area (Å²) < 4.78 is 43.0. The second kappa shape index (κ2) is 29.2. The number of carboxylic acid groups (broad SMARTS) is 1. The molecule has 0 spiro atoms. The van der Waals surface area contributed by atoms with E-state index in [1.807, 2.05) is 0 Å². The summed E-state index contributed by atoms with van der Waals surface area (Å²) in [5.74, 6) is -3.82. The third kappa shape index (κ3) is 15.3. The molecular formula is C64H70Cl2N6O19. The van der Waals surface area contributed by atoms with Gasteiger partial charge in [-0.15, -0.1) is 0 Å². The molecule has 484 valence electrons. The highest BCUT2D eigenvalue weighted by Crippen LogP contribution is 2.32. The van der Waals surface area contributed by atoms with Crippen LogP contribution in [-0.4, -0.2) is 152 Å². The van der Waals surface area contributed by atoms with E-state index in [1.165, 1.54) is 37.1 Å². The fourth-order valence-electron chi connectivity index (χ4n) is 11.2. The number of aliphatic carboxylic acids is 1. The summed E-state index contributed by atoms with van der Waals surface area (Å²) in [5, 5.41) is 24.8. The van der Waals surface area contributed by atoms with Gasteiger partial charge in [-0.05, 0) is 73.2 Å². The van der Waals surface area contributed by atoms with Gasteiger partial charge < -0.3 is 63.1 Å². The van der Waals surface area contributed by atoms with Crippen molar-refractivity contribution in [2.24, 2.45) is 28.2 Å². The Balaban J connectivity index is 0.000000201. The first-order valence-corrected chi connectivity index (χ1v) is 29.6. The maximum Gasteiger partial charge on any atom is 0.330 e. The highest BCUT2D eigenvalue weighted by molar-refractivity contribution is 6.34. The van der Waals surface area contributed by atoms with Gasteiger partial charge in [0, 0.05) is 66.3 Å². The largest absolute Gasteiger partial charge is 0.480 e. The van der Waals surface area contributed by atoms with Gasteiger partial charge in [0.15, 0.2) is 18.3 Å². The molecular weight excluding hydrogens is 1230 g/mol. The van der Waals surface area contributed by atoms with Gasteiger partial charge in [-0.3, -0.25) is 37.9 Å². The number of esters is 3. The van der Waals surface area contributed by atoms with E-state index in [-0.39, 0.29) is 78.1 Å². The molecule has 4 aliphatic rings. The van der Waals surface area contributed by atoms with Gasteiger partial charge in [-0.2, -0.15) is 0 Å². The van der Waals surface area contributed by atoms with Crippen LogP contribution < -0.4 is 33.1 Å². The van der Waals surface area contributed by atoms with Gasteiger partial charge in [0.05, 0.1) is 58.7 Å².